The summed E-state index contributed by atoms with van der Waals surface area (Å²) in [6.07, 6.45) is 3.16. The highest BCUT2D eigenvalue weighted by molar-refractivity contribution is 5.78. The minimum absolute atomic E-state index is 0.355. The number of hydrogen-bond donors (Lipinski definition) is 1. The minimum Gasteiger partial charge on any atom is -0.320 e. The summed E-state index contributed by atoms with van der Waals surface area (Å²) < 4.78 is 0. The molecule has 0 atom stereocenters. The molecule has 0 aliphatic rings. The number of carbonyl (C=O) groups is 1. The van der Waals surface area contributed by atoms with Crippen LogP contribution in [0.3, 0.4) is 0 Å². The van der Waals surface area contributed by atoms with E-state index in [1.165, 1.54) is 0 Å². The molecule has 12 heavy (non-hydrogen) atoms. The second-order valence-corrected chi connectivity index (χ2v) is 3.20. The van der Waals surface area contributed by atoms with E-state index < -0.39 is 0 Å². The SMILES string of the molecule is C=C(C)CCC(=O)CCCNC. The van der Waals surface area contributed by atoms with Crippen molar-refractivity contribution in [1.29, 1.82) is 0 Å². The van der Waals surface area contributed by atoms with E-state index in [1.807, 2.05) is 14.0 Å². The van der Waals surface area contributed by atoms with Gasteiger partial charge in [0.2, 0.25) is 0 Å². The third-order valence-electron chi connectivity index (χ3n) is 1.71. The Morgan fingerprint density at radius 1 is 1.33 bits per heavy atom. The van der Waals surface area contributed by atoms with Crippen LogP contribution < -0.4 is 5.32 Å². The molecule has 0 amide bonds. The summed E-state index contributed by atoms with van der Waals surface area (Å²) in [5.41, 5.74) is 1.09. The predicted molar refractivity (Wildman–Crippen MR) is 52.2 cm³/mol. The number of rotatable bonds is 7. The van der Waals surface area contributed by atoms with Gasteiger partial charge in [-0.05, 0) is 33.4 Å². The van der Waals surface area contributed by atoms with Crippen LogP contribution in [0.2, 0.25) is 0 Å². The minimum atomic E-state index is 0.355. The van der Waals surface area contributed by atoms with Crippen molar-refractivity contribution in [3.05, 3.63) is 12.2 Å². The summed E-state index contributed by atoms with van der Waals surface area (Å²) in [5, 5.41) is 3.02. The molecule has 0 bridgehead atoms. The maximum atomic E-state index is 11.2. The molecule has 0 aromatic rings. The third kappa shape index (κ3) is 7.48. The molecular formula is C10H19NO. The average molecular weight is 169 g/mol. The molecule has 0 saturated carbocycles. The van der Waals surface area contributed by atoms with E-state index in [9.17, 15) is 4.79 Å². The standard InChI is InChI=1S/C10H19NO/c1-9(2)6-7-10(12)5-4-8-11-3/h11H,1,4-8H2,2-3H3. The van der Waals surface area contributed by atoms with Crippen molar-refractivity contribution >= 4 is 5.78 Å². The molecule has 0 unspecified atom stereocenters. The van der Waals surface area contributed by atoms with Crippen LogP contribution in [0.4, 0.5) is 0 Å². The van der Waals surface area contributed by atoms with Crippen molar-refractivity contribution < 1.29 is 4.79 Å². The number of ketones is 1. The number of Topliss-reactive ketones (excluding diaryl/α,β-unsaturated/α-hetero) is 1. The van der Waals surface area contributed by atoms with Gasteiger partial charge >= 0.3 is 0 Å². The van der Waals surface area contributed by atoms with Gasteiger partial charge in [0.15, 0.2) is 0 Å². The summed E-state index contributed by atoms with van der Waals surface area (Å²) in [4.78, 5) is 11.2. The first kappa shape index (κ1) is 11.4. The van der Waals surface area contributed by atoms with E-state index in [-0.39, 0.29) is 0 Å². The average Bonchev–Trinajstić information content (AvgIpc) is 2.01. The lowest BCUT2D eigenvalue weighted by Crippen LogP contribution is -2.09. The number of nitrogens with one attached hydrogen (secondary N) is 1. The molecule has 1 N–H and O–H groups in total. The van der Waals surface area contributed by atoms with Crippen LogP contribution in [0, 0.1) is 0 Å². The van der Waals surface area contributed by atoms with Crippen LogP contribution in [-0.4, -0.2) is 19.4 Å². The Labute approximate surface area is 75.0 Å². The van der Waals surface area contributed by atoms with Crippen molar-refractivity contribution in [3.63, 3.8) is 0 Å². The first-order chi connectivity index (χ1) is 5.66. The molecule has 0 aliphatic heterocycles. The largest absolute Gasteiger partial charge is 0.320 e. The van der Waals surface area contributed by atoms with Crippen molar-refractivity contribution in [3.8, 4) is 0 Å². The van der Waals surface area contributed by atoms with Gasteiger partial charge in [0.05, 0.1) is 0 Å². The quantitative estimate of drug-likeness (QED) is 0.466. The lowest BCUT2D eigenvalue weighted by atomic mass is 10.1. The van der Waals surface area contributed by atoms with Gasteiger partial charge in [-0.25, -0.2) is 0 Å². The second kappa shape index (κ2) is 7.04. The monoisotopic (exact) mass is 169 g/mol. The van der Waals surface area contributed by atoms with Gasteiger partial charge in [0, 0.05) is 12.8 Å². The van der Waals surface area contributed by atoms with Crippen molar-refractivity contribution in [2.24, 2.45) is 0 Å². The Morgan fingerprint density at radius 3 is 2.50 bits per heavy atom. The molecule has 0 radical (unpaired) electrons. The van der Waals surface area contributed by atoms with E-state index in [4.69, 9.17) is 0 Å². The van der Waals surface area contributed by atoms with Crippen molar-refractivity contribution in [2.45, 2.75) is 32.6 Å². The first-order valence-corrected chi connectivity index (χ1v) is 4.47. The smallest absolute Gasteiger partial charge is 0.133 e. The fraction of sp³-hybridized carbons (Fsp3) is 0.700. The number of hydrogen-bond acceptors (Lipinski definition) is 2. The molecule has 0 aromatic heterocycles. The summed E-state index contributed by atoms with van der Waals surface area (Å²) in [6, 6.07) is 0. The second-order valence-electron chi connectivity index (χ2n) is 3.20. The Morgan fingerprint density at radius 2 is 2.00 bits per heavy atom. The van der Waals surface area contributed by atoms with E-state index in [1.54, 1.807) is 0 Å². The van der Waals surface area contributed by atoms with Crippen LogP contribution in [0.5, 0.6) is 0 Å². The highest BCUT2D eigenvalue weighted by atomic mass is 16.1. The van der Waals surface area contributed by atoms with Crippen LogP contribution in [0.1, 0.15) is 32.6 Å². The molecule has 2 heteroatoms. The highest BCUT2D eigenvalue weighted by Crippen LogP contribution is 2.03. The molecule has 70 valence electrons. The van der Waals surface area contributed by atoms with Gasteiger partial charge in [0.25, 0.3) is 0 Å². The molecule has 0 aliphatic carbocycles. The van der Waals surface area contributed by atoms with Gasteiger partial charge in [-0.2, -0.15) is 0 Å². The maximum Gasteiger partial charge on any atom is 0.133 e. The molecular weight excluding hydrogens is 150 g/mol. The molecule has 0 rings (SSSR count). The predicted octanol–water partition coefficient (Wildman–Crippen LogP) is 1.91. The topological polar surface area (TPSA) is 29.1 Å². The molecule has 2 nitrogen and oxygen atoms in total. The Kier molecular flexibility index (Phi) is 6.67. The lowest BCUT2D eigenvalue weighted by molar-refractivity contribution is -0.119. The van der Waals surface area contributed by atoms with Gasteiger partial charge in [-0.1, -0.05) is 5.57 Å². The van der Waals surface area contributed by atoms with Crippen molar-refractivity contribution in [1.82, 2.24) is 5.32 Å². The Hall–Kier alpha value is -0.630. The fourth-order valence-electron chi connectivity index (χ4n) is 0.940. The van der Waals surface area contributed by atoms with Crippen LogP contribution in [-0.2, 0) is 4.79 Å². The fourth-order valence-corrected chi connectivity index (χ4v) is 0.940. The first-order valence-electron chi connectivity index (χ1n) is 4.47. The van der Waals surface area contributed by atoms with Gasteiger partial charge < -0.3 is 5.32 Å². The summed E-state index contributed by atoms with van der Waals surface area (Å²) in [6.45, 7) is 6.65. The van der Waals surface area contributed by atoms with Crippen LogP contribution >= 0.6 is 0 Å². The molecule has 0 heterocycles. The van der Waals surface area contributed by atoms with Gasteiger partial charge in [-0.15, -0.1) is 6.58 Å². The summed E-state index contributed by atoms with van der Waals surface area (Å²) in [7, 11) is 1.90. The Bertz CT molecular complexity index is 152. The van der Waals surface area contributed by atoms with E-state index in [0.717, 1.165) is 25.0 Å². The molecule has 0 fully saturated rings. The number of carbonyl (C=O) groups excluding carboxylic acids is 1. The zero-order valence-electron chi connectivity index (χ0n) is 8.15. The normalized spacial score (nSPS) is 9.83. The van der Waals surface area contributed by atoms with Gasteiger partial charge in [0.1, 0.15) is 5.78 Å². The molecule has 0 spiro atoms. The molecule has 0 aromatic carbocycles. The van der Waals surface area contributed by atoms with Crippen LogP contribution in [0.15, 0.2) is 12.2 Å². The van der Waals surface area contributed by atoms with E-state index in [0.29, 0.717) is 18.6 Å². The van der Waals surface area contributed by atoms with Gasteiger partial charge in [-0.3, -0.25) is 4.79 Å². The highest BCUT2D eigenvalue weighted by Gasteiger charge is 2.00. The third-order valence-corrected chi connectivity index (χ3v) is 1.71. The maximum absolute atomic E-state index is 11.2. The number of allylic oxidation sites excluding steroid dienone is 1. The van der Waals surface area contributed by atoms with Crippen LogP contribution in [0.25, 0.3) is 0 Å². The van der Waals surface area contributed by atoms with Crippen molar-refractivity contribution in [2.75, 3.05) is 13.6 Å². The summed E-state index contributed by atoms with van der Waals surface area (Å²) >= 11 is 0. The molecule has 0 saturated heterocycles. The van der Waals surface area contributed by atoms with E-state index in [2.05, 4.69) is 11.9 Å². The summed E-state index contributed by atoms with van der Waals surface area (Å²) in [5.74, 6) is 0.355. The Balaban J connectivity index is 3.28. The zero-order chi connectivity index (χ0) is 9.40. The van der Waals surface area contributed by atoms with E-state index >= 15 is 0 Å². The zero-order valence-corrected chi connectivity index (χ0v) is 8.15. The lowest BCUT2D eigenvalue weighted by Gasteiger charge is -2.00.